The molecule has 21 heavy (non-hydrogen) atoms. The number of hydrogen-bond acceptors (Lipinski definition) is 4. The minimum absolute atomic E-state index is 0.0700. The quantitative estimate of drug-likeness (QED) is 0.826. The Hall–Kier alpha value is -1.52. The third kappa shape index (κ3) is 5.06. The topological polar surface area (TPSA) is 34.1 Å². The highest BCUT2D eigenvalue weighted by molar-refractivity contribution is 7.98. The van der Waals surface area contributed by atoms with Gasteiger partial charge in [-0.15, -0.1) is 11.8 Å². The number of benzene rings is 1. The third-order valence-corrected chi connectivity index (χ3v) is 3.71. The molecule has 1 aromatic carbocycles. The lowest BCUT2D eigenvalue weighted by molar-refractivity contribution is 0.413. The first-order chi connectivity index (χ1) is 9.98. The zero-order valence-electron chi connectivity index (χ0n) is 13.0. The molecule has 1 N–H and O–H groups in total. The maximum Gasteiger partial charge on any atom is 0.150 e. The van der Waals surface area contributed by atoms with Crippen LogP contribution in [0.3, 0.4) is 0 Å². The summed E-state index contributed by atoms with van der Waals surface area (Å²) in [7, 11) is 0. The number of aromatic nitrogens is 1. The van der Waals surface area contributed by atoms with Gasteiger partial charge in [-0.25, -0.2) is 0 Å². The van der Waals surface area contributed by atoms with Crippen LogP contribution in [0.5, 0.6) is 11.5 Å². The molecule has 0 radical (unpaired) electrons. The van der Waals surface area contributed by atoms with Crippen molar-refractivity contribution in [2.75, 3.05) is 6.26 Å². The Morgan fingerprint density at radius 2 is 1.86 bits per heavy atom. The van der Waals surface area contributed by atoms with Gasteiger partial charge in [0, 0.05) is 28.7 Å². The standard InChI is InChI=1S/C17H22N2OS/c1-17(2,3)19-11-13-9-10-18-12-16(13)20-14-5-7-15(21-4)8-6-14/h5-10,12,19H,11H2,1-4H3. The van der Waals surface area contributed by atoms with Crippen LogP contribution in [0.25, 0.3) is 0 Å². The fourth-order valence-electron chi connectivity index (χ4n) is 1.78. The van der Waals surface area contributed by atoms with Crippen LogP contribution in [0.15, 0.2) is 47.6 Å². The summed E-state index contributed by atoms with van der Waals surface area (Å²) in [4.78, 5) is 5.39. The highest BCUT2D eigenvalue weighted by atomic mass is 32.2. The van der Waals surface area contributed by atoms with Gasteiger partial charge in [0.2, 0.25) is 0 Å². The average molecular weight is 302 g/mol. The van der Waals surface area contributed by atoms with Crippen LogP contribution < -0.4 is 10.1 Å². The molecule has 0 saturated carbocycles. The van der Waals surface area contributed by atoms with E-state index >= 15 is 0 Å². The monoisotopic (exact) mass is 302 g/mol. The Morgan fingerprint density at radius 3 is 2.48 bits per heavy atom. The summed E-state index contributed by atoms with van der Waals surface area (Å²) in [5.41, 5.74) is 1.18. The van der Waals surface area contributed by atoms with E-state index in [4.69, 9.17) is 4.74 Å². The number of nitrogens with zero attached hydrogens (tertiary/aromatic N) is 1. The molecule has 0 saturated heterocycles. The number of ether oxygens (including phenoxy) is 1. The van der Waals surface area contributed by atoms with Crippen LogP contribution in [0.1, 0.15) is 26.3 Å². The second-order valence-corrected chi connectivity index (χ2v) is 6.74. The molecule has 1 heterocycles. The molecule has 0 amide bonds. The molecule has 2 rings (SSSR count). The second-order valence-electron chi connectivity index (χ2n) is 5.86. The molecule has 0 atom stereocenters. The molecule has 0 bridgehead atoms. The summed E-state index contributed by atoms with van der Waals surface area (Å²) in [6, 6.07) is 10.1. The molecule has 4 heteroatoms. The molecule has 0 unspecified atom stereocenters. The number of thioether (sulfide) groups is 1. The molecule has 1 aromatic heterocycles. The lowest BCUT2D eigenvalue weighted by Gasteiger charge is -2.21. The average Bonchev–Trinajstić information content (AvgIpc) is 2.46. The summed E-state index contributed by atoms with van der Waals surface area (Å²) < 4.78 is 5.96. The van der Waals surface area contributed by atoms with Crippen molar-refractivity contribution in [2.24, 2.45) is 0 Å². The largest absolute Gasteiger partial charge is 0.455 e. The summed E-state index contributed by atoms with van der Waals surface area (Å²) in [5.74, 6) is 1.63. The second kappa shape index (κ2) is 6.96. The SMILES string of the molecule is CSc1ccc(Oc2cnccc2CNC(C)(C)C)cc1. The molecule has 0 aliphatic rings. The van der Waals surface area contributed by atoms with Gasteiger partial charge in [-0.05, 0) is 57.4 Å². The van der Waals surface area contributed by atoms with Crippen LogP contribution >= 0.6 is 11.8 Å². The molecule has 0 aliphatic carbocycles. The molecule has 2 aromatic rings. The third-order valence-electron chi connectivity index (χ3n) is 2.97. The predicted octanol–water partition coefficient (Wildman–Crippen LogP) is 4.48. The highest BCUT2D eigenvalue weighted by Gasteiger charge is 2.11. The van der Waals surface area contributed by atoms with E-state index in [9.17, 15) is 0 Å². The van der Waals surface area contributed by atoms with E-state index in [1.165, 1.54) is 4.90 Å². The van der Waals surface area contributed by atoms with E-state index in [1.807, 2.05) is 18.2 Å². The van der Waals surface area contributed by atoms with Gasteiger partial charge in [-0.2, -0.15) is 0 Å². The van der Waals surface area contributed by atoms with Crippen molar-refractivity contribution in [3.8, 4) is 11.5 Å². The summed E-state index contributed by atoms with van der Waals surface area (Å²) in [6.07, 6.45) is 5.62. The van der Waals surface area contributed by atoms with E-state index in [2.05, 4.69) is 49.5 Å². The smallest absolute Gasteiger partial charge is 0.150 e. The van der Waals surface area contributed by atoms with E-state index in [-0.39, 0.29) is 5.54 Å². The van der Waals surface area contributed by atoms with Crippen molar-refractivity contribution >= 4 is 11.8 Å². The van der Waals surface area contributed by atoms with E-state index < -0.39 is 0 Å². The summed E-state index contributed by atoms with van der Waals surface area (Å²) >= 11 is 1.72. The van der Waals surface area contributed by atoms with Gasteiger partial charge in [0.05, 0.1) is 6.20 Å². The van der Waals surface area contributed by atoms with Crippen molar-refractivity contribution < 1.29 is 4.74 Å². The van der Waals surface area contributed by atoms with Crippen molar-refractivity contribution in [3.05, 3.63) is 48.3 Å². The first-order valence-electron chi connectivity index (χ1n) is 6.98. The molecule has 112 valence electrons. The number of hydrogen-bond donors (Lipinski definition) is 1. The van der Waals surface area contributed by atoms with Crippen LogP contribution in [-0.4, -0.2) is 16.8 Å². The first-order valence-corrected chi connectivity index (χ1v) is 8.20. The van der Waals surface area contributed by atoms with Gasteiger partial charge in [0.1, 0.15) is 11.5 Å². The lowest BCUT2D eigenvalue weighted by Crippen LogP contribution is -2.35. The van der Waals surface area contributed by atoms with E-state index in [0.29, 0.717) is 0 Å². The Kier molecular flexibility index (Phi) is 5.26. The normalized spacial score (nSPS) is 11.4. The minimum atomic E-state index is 0.0700. The Bertz CT molecular complexity index is 576. The fraction of sp³-hybridized carbons (Fsp3) is 0.353. The maximum atomic E-state index is 5.96. The van der Waals surface area contributed by atoms with Crippen LogP contribution in [0, 0.1) is 0 Å². The van der Waals surface area contributed by atoms with Gasteiger partial charge >= 0.3 is 0 Å². The Morgan fingerprint density at radius 1 is 1.14 bits per heavy atom. The predicted molar refractivity (Wildman–Crippen MR) is 89.1 cm³/mol. The summed E-state index contributed by atoms with van der Waals surface area (Å²) in [6.45, 7) is 7.20. The number of nitrogens with one attached hydrogen (secondary N) is 1. The number of rotatable bonds is 5. The summed E-state index contributed by atoms with van der Waals surface area (Å²) in [5, 5.41) is 3.47. The first kappa shape index (κ1) is 15.9. The van der Waals surface area contributed by atoms with Crippen molar-refractivity contribution in [1.29, 1.82) is 0 Å². The molecule has 0 spiro atoms. The van der Waals surface area contributed by atoms with Crippen LogP contribution in [-0.2, 0) is 6.54 Å². The van der Waals surface area contributed by atoms with Gasteiger partial charge in [0.25, 0.3) is 0 Å². The molecule has 0 fully saturated rings. The van der Waals surface area contributed by atoms with Gasteiger partial charge in [-0.1, -0.05) is 0 Å². The Balaban J connectivity index is 2.11. The van der Waals surface area contributed by atoms with Gasteiger partial charge in [-0.3, -0.25) is 4.98 Å². The highest BCUT2D eigenvalue weighted by Crippen LogP contribution is 2.26. The molecular formula is C17H22N2OS. The van der Waals surface area contributed by atoms with Crippen LogP contribution in [0.2, 0.25) is 0 Å². The van der Waals surface area contributed by atoms with Crippen molar-refractivity contribution in [3.63, 3.8) is 0 Å². The zero-order valence-corrected chi connectivity index (χ0v) is 13.8. The fourth-order valence-corrected chi connectivity index (χ4v) is 2.19. The van der Waals surface area contributed by atoms with Crippen molar-refractivity contribution in [1.82, 2.24) is 10.3 Å². The lowest BCUT2D eigenvalue weighted by atomic mass is 10.1. The van der Waals surface area contributed by atoms with Crippen molar-refractivity contribution in [2.45, 2.75) is 37.8 Å². The van der Waals surface area contributed by atoms with Gasteiger partial charge < -0.3 is 10.1 Å². The molecule has 3 nitrogen and oxygen atoms in total. The molecular weight excluding hydrogens is 280 g/mol. The number of pyridine rings is 1. The molecule has 0 aliphatic heterocycles. The Labute approximate surface area is 131 Å². The van der Waals surface area contributed by atoms with E-state index in [1.54, 1.807) is 24.2 Å². The van der Waals surface area contributed by atoms with E-state index in [0.717, 1.165) is 23.6 Å². The van der Waals surface area contributed by atoms with Gasteiger partial charge in [0.15, 0.2) is 0 Å². The minimum Gasteiger partial charge on any atom is -0.455 e. The zero-order chi connectivity index (χ0) is 15.3. The van der Waals surface area contributed by atoms with Crippen LogP contribution in [0.4, 0.5) is 0 Å². The maximum absolute atomic E-state index is 5.96.